The van der Waals surface area contributed by atoms with Crippen LogP contribution in [0.1, 0.15) is 33.6 Å². The Morgan fingerprint density at radius 3 is 2.55 bits per heavy atom. The average molecular weight is 153 g/mol. The van der Waals surface area contributed by atoms with Crippen LogP contribution in [0.3, 0.4) is 0 Å². The fourth-order valence-electron chi connectivity index (χ4n) is 0.771. The summed E-state index contributed by atoms with van der Waals surface area (Å²) in [6, 6.07) is 0. The molecule has 0 aromatic carbocycles. The van der Waals surface area contributed by atoms with Gasteiger partial charge in [0.05, 0.1) is 0 Å². The molecule has 0 atom stereocenters. The molecule has 64 valence electrons. The van der Waals surface area contributed by atoms with Gasteiger partial charge in [-0.3, -0.25) is 0 Å². The Kier molecular flexibility index (Phi) is 6.90. The number of hydrogen-bond donors (Lipinski definition) is 1. The summed E-state index contributed by atoms with van der Waals surface area (Å²) in [5.41, 5.74) is 1.23. The predicted molar refractivity (Wildman–Crippen MR) is 51.5 cm³/mol. The van der Waals surface area contributed by atoms with Crippen LogP contribution in [0.4, 0.5) is 0 Å². The molecular formula is C10H19N. The normalized spacial score (nSPS) is 12.5. The van der Waals surface area contributed by atoms with E-state index in [1.807, 2.05) is 0 Å². The Bertz CT molecular complexity index is 134. The van der Waals surface area contributed by atoms with Crippen LogP contribution in [-0.2, 0) is 0 Å². The van der Waals surface area contributed by atoms with Gasteiger partial charge in [-0.05, 0) is 25.8 Å². The van der Waals surface area contributed by atoms with Gasteiger partial charge in [0.25, 0.3) is 0 Å². The van der Waals surface area contributed by atoms with Crippen LogP contribution in [-0.4, -0.2) is 6.54 Å². The SMILES string of the molecule is C/C=C(\C=C/CC)NCCC. The van der Waals surface area contributed by atoms with E-state index in [1.54, 1.807) is 0 Å². The van der Waals surface area contributed by atoms with E-state index in [2.05, 4.69) is 44.3 Å². The third-order valence-corrected chi connectivity index (χ3v) is 1.42. The molecule has 0 aliphatic heterocycles. The zero-order valence-corrected chi connectivity index (χ0v) is 7.85. The Labute approximate surface area is 70.2 Å². The Hall–Kier alpha value is -0.720. The lowest BCUT2D eigenvalue weighted by molar-refractivity contribution is 0.782. The first-order chi connectivity index (χ1) is 5.35. The van der Waals surface area contributed by atoms with E-state index in [1.165, 1.54) is 12.1 Å². The highest BCUT2D eigenvalue weighted by atomic mass is 14.9. The maximum Gasteiger partial charge on any atom is 0.0293 e. The van der Waals surface area contributed by atoms with E-state index in [4.69, 9.17) is 0 Å². The van der Waals surface area contributed by atoms with Crippen molar-refractivity contribution in [1.82, 2.24) is 5.32 Å². The molecule has 0 unspecified atom stereocenters. The monoisotopic (exact) mass is 153 g/mol. The molecule has 0 bridgehead atoms. The zero-order valence-electron chi connectivity index (χ0n) is 7.85. The maximum atomic E-state index is 3.33. The van der Waals surface area contributed by atoms with Gasteiger partial charge in [-0.2, -0.15) is 0 Å². The van der Waals surface area contributed by atoms with E-state index < -0.39 is 0 Å². The molecule has 0 aliphatic rings. The topological polar surface area (TPSA) is 12.0 Å². The molecule has 0 rings (SSSR count). The van der Waals surface area contributed by atoms with Gasteiger partial charge in [0, 0.05) is 12.2 Å². The molecule has 0 aromatic heterocycles. The quantitative estimate of drug-likeness (QED) is 0.599. The standard InChI is InChI=1S/C10H19N/c1-4-7-8-10(6-3)11-9-5-2/h6-8,11H,4-5,9H2,1-3H3/b8-7-,10-6+. The summed E-state index contributed by atoms with van der Waals surface area (Å²) in [4.78, 5) is 0. The van der Waals surface area contributed by atoms with Crippen LogP contribution in [0.15, 0.2) is 23.9 Å². The molecule has 0 heterocycles. The maximum absolute atomic E-state index is 3.33. The Morgan fingerprint density at radius 2 is 2.09 bits per heavy atom. The lowest BCUT2D eigenvalue weighted by Crippen LogP contribution is -2.11. The van der Waals surface area contributed by atoms with Crippen LogP contribution in [0.2, 0.25) is 0 Å². The minimum atomic E-state index is 1.06. The third-order valence-electron chi connectivity index (χ3n) is 1.42. The van der Waals surface area contributed by atoms with Crippen LogP contribution in [0.25, 0.3) is 0 Å². The molecular weight excluding hydrogens is 134 g/mol. The summed E-state index contributed by atoms with van der Waals surface area (Å²) in [5.74, 6) is 0. The third kappa shape index (κ3) is 5.71. The van der Waals surface area contributed by atoms with Crippen LogP contribution in [0, 0.1) is 0 Å². The fourth-order valence-corrected chi connectivity index (χ4v) is 0.771. The predicted octanol–water partition coefficient (Wildman–Crippen LogP) is 2.86. The second kappa shape index (κ2) is 7.39. The van der Waals surface area contributed by atoms with Crippen molar-refractivity contribution < 1.29 is 0 Å². The second-order valence-electron chi connectivity index (χ2n) is 2.48. The molecule has 0 aromatic rings. The molecule has 0 saturated carbocycles. The van der Waals surface area contributed by atoms with Crippen molar-refractivity contribution in [3.63, 3.8) is 0 Å². The summed E-state index contributed by atoms with van der Waals surface area (Å²) in [6.45, 7) is 7.43. The molecule has 1 nitrogen and oxygen atoms in total. The van der Waals surface area contributed by atoms with Gasteiger partial charge in [-0.25, -0.2) is 0 Å². The molecule has 1 N–H and O–H groups in total. The van der Waals surface area contributed by atoms with Gasteiger partial charge in [0.2, 0.25) is 0 Å². The van der Waals surface area contributed by atoms with E-state index >= 15 is 0 Å². The summed E-state index contributed by atoms with van der Waals surface area (Å²) in [6.07, 6.45) is 8.68. The highest BCUT2D eigenvalue weighted by Gasteiger charge is 1.85. The molecule has 0 saturated heterocycles. The van der Waals surface area contributed by atoms with Crippen molar-refractivity contribution in [3.8, 4) is 0 Å². The summed E-state index contributed by atoms with van der Waals surface area (Å²) in [7, 11) is 0. The molecule has 0 aliphatic carbocycles. The minimum absolute atomic E-state index is 1.06. The van der Waals surface area contributed by atoms with Crippen molar-refractivity contribution in [2.75, 3.05) is 6.54 Å². The minimum Gasteiger partial charge on any atom is -0.385 e. The first-order valence-electron chi connectivity index (χ1n) is 4.41. The molecule has 0 radical (unpaired) electrons. The van der Waals surface area contributed by atoms with Crippen molar-refractivity contribution >= 4 is 0 Å². The summed E-state index contributed by atoms with van der Waals surface area (Å²) >= 11 is 0. The van der Waals surface area contributed by atoms with Gasteiger partial charge in [-0.1, -0.05) is 26.0 Å². The molecule has 0 fully saturated rings. The van der Waals surface area contributed by atoms with E-state index in [0.29, 0.717) is 0 Å². The van der Waals surface area contributed by atoms with Crippen LogP contribution in [0.5, 0.6) is 0 Å². The smallest absolute Gasteiger partial charge is 0.0293 e. The summed E-state index contributed by atoms with van der Waals surface area (Å²) < 4.78 is 0. The lowest BCUT2D eigenvalue weighted by atomic mass is 10.3. The van der Waals surface area contributed by atoms with Crippen molar-refractivity contribution in [3.05, 3.63) is 23.9 Å². The van der Waals surface area contributed by atoms with Gasteiger partial charge >= 0.3 is 0 Å². The Balaban J connectivity index is 3.68. The van der Waals surface area contributed by atoms with Gasteiger partial charge in [0.15, 0.2) is 0 Å². The van der Waals surface area contributed by atoms with Crippen molar-refractivity contribution in [2.24, 2.45) is 0 Å². The first-order valence-corrected chi connectivity index (χ1v) is 4.41. The number of hydrogen-bond acceptors (Lipinski definition) is 1. The molecule has 11 heavy (non-hydrogen) atoms. The highest BCUT2D eigenvalue weighted by Crippen LogP contribution is 1.93. The van der Waals surface area contributed by atoms with Crippen molar-refractivity contribution in [1.29, 1.82) is 0 Å². The number of rotatable bonds is 5. The second-order valence-corrected chi connectivity index (χ2v) is 2.48. The lowest BCUT2D eigenvalue weighted by Gasteiger charge is -2.03. The number of nitrogens with one attached hydrogen (secondary N) is 1. The van der Waals surface area contributed by atoms with E-state index in [-0.39, 0.29) is 0 Å². The largest absolute Gasteiger partial charge is 0.385 e. The first kappa shape index (κ1) is 10.3. The fraction of sp³-hybridized carbons (Fsp3) is 0.600. The molecule has 0 spiro atoms. The van der Waals surface area contributed by atoms with Gasteiger partial charge in [-0.15, -0.1) is 0 Å². The zero-order chi connectivity index (χ0) is 8.53. The van der Waals surface area contributed by atoms with E-state index in [9.17, 15) is 0 Å². The Morgan fingerprint density at radius 1 is 1.36 bits per heavy atom. The van der Waals surface area contributed by atoms with Gasteiger partial charge in [0.1, 0.15) is 0 Å². The van der Waals surface area contributed by atoms with E-state index in [0.717, 1.165) is 13.0 Å². The molecule has 1 heteroatoms. The van der Waals surface area contributed by atoms with Crippen LogP contribution < -0.4 is 5.32 Å². The van der Waals surface area contributed by atoms with Crippen LogP contribution >= 0.6 is 0 Å². The highest BCUT2D eigenvalue weighted by molar-refractivity contribution is 5.15. The average Bonchev–Trinajstić information content (AvgIpc) is 2.05. The van der Waals surface area contributed by atoms with Gasteiger partial charge < -0.3 is 5.32 Å². The van der Waals surface area contributed by atoms with Crippen molar-refractivity contribution in [2.45, 2.75) is 33.6 Å². The number of allylic oxidation sites excluding steroid dienone is 3. The molecule has 0 amide bonds. The summed E-state index contributed by atoms with van der Waals surface area (Å²) in [5, 5.41) is 3.33.